The average Bonchev–Trinajstić information content (AvgIpc) is 2.68. The Morgan fingerprint density at radius 2 is 1.74 bits per heavy atom. The van der Waals surface area contributed by atoms with E-state index in [9.17, 15) is 17.6 Å². The molecule has 0 spiro atoms. The van der Waals surface area contributed by atoms with Crippen LogP contribution in [-0.4, -0.2) is 62.8 Å². The topological polar surface area (TPSA) is 69.7 Å². The molecule has 1 aromatic rings. The Morgan fingerprint density at radius 3 is 2.41 bits per heavy atom. The number of carbonyl (C=O) groups is 1. The van der Waals surface area contributed by atoms with Gasteiger partial charge in [0.15, 0.2) is 0 Å². The molecule has 8 heteroatoms. The van der Waals surface area contributed by atoms with Crippen molar-refractivity contribution in [1.82, 2.24) is 14.5 Å². The predicted octanol–water partition coefficient (Wildman–Crippen LogP) is 1.83. The summed E-state index contributed by atoms with van der Waals surface area (Å²) in [5.41, 5.74) is 0. The molecule has 1 saturated heterocycles. The zero-order chi connectivity index (χ0) is 19.3. The van der Waals surface area contributed by atoms with Crippen LogP contribution in [-0.2, 0) is 14.8 Å². The van der Waals surface area contributed by atoms with Gasteiger partial charge in [-0.1, -0.05) is 31.4 Å². The van der Waals surface area contributed by atoms with Gasteiger partial charge in [-0.2, -0.15) is 4.31 Å². The smallest absolute Gasteiger partial charge is 0.246 e. The summed E-state index contributed by atoms with van der Waals surface area (Å²) in [7, 11) is -3.84. The van der Waals surface area contributed by atoms with Crippen molar-refractivity contribution in [1.29, 1.82) is 0 Å². The van der Waals surface area contributed by atoms with Crippen molar-refractivity contribution in [2.45, 2.75) is 37.0 Å². The van der Waals surface area contributed by atoms with E-state index in [1.54, 1.807) is 0 Å². The number of halogens is 1. The fraction of sp³-hybridized carbons (Fsp3) is 0.632. The largest absolute Gasteiger partial charge is 0.355 e. The van der Waals surface area contributed by atoms with Crippen molar-refractivity contribution in [3.05, 3.63) is 30.1 Å². The summed E-state index contributed by atoms with van der Waals surface area (Å²) < 4.78 is 40.4. The van der Waals surface area contributed by atoms with Crippen molar-refractivity contribution in [3.8, 4) is 0 Å². The van der Waals surface area contributed by atoms with Gasteiger partial charge in [-0.05, 0) is 30.9 Å². The third kappa shape index (κ3) is 5.27. The Morgan fingerprint density at radius 1 is 1.07 bits per heavy atom. The van der Waals surface area contributed by atoms with Gasteiger partial charge in [0.2, 0.25) is 15.9 Å². The molecule has 1 heterocycles. The van der Waals surface area contributed by atoms with E-state index in [1.807, 2.05) is 4.90 Å². The Balaban J connectivity index is 1.46. The summed E-state index contributed by atoms with van der Waals surface area (Å²) in [4.78, 5) is 13.8. The van der Waals surface area contributed by atoms with E-state index in [0.717, 1.165) is 12.6 Å². The van der Waals surface area contributed by atoms with Crippen LogP contribution in [0.2, 0.25) is 0 Å². The number of amides is 1. The molecule has 0 atom stereocenters. The SMILES string of the molecule is O=C(CN1CCN(S(=O)(=O)c2ccccc2F)CC1)NCC1CCCCC1. The Hall–Kier alpha value is -1.51. The maximum atomic E-state index is 13.9. The lowest BCUT2D eigenvalue weighted by atomic mass is 9.89. The lowest BCUT2D eigenvalue weighted by Crippen LogP contribution is -2.51. The van der Waals surface area contributed by atoms with E-state index in [-0.39, 0.29) is 30.4 Å². The highest BCUT2D eigenvalue weighted by molar-refractivity contribution is 7.89. The molecule has 3 rings (SSSR count). The standard InChI is InChI=1S/C19H28FN3O3S/c20-17-8-4-5-9-18(17)27(25,26)23-12-10-22(11-13-23)15-19(24)21-14-16-6-2-1-3-7-16/h4-5,8-9,16H,1-3,6-7,10-15H2,(H,21,24). The first-order valence-corrected chi connectivity index (χ1v) is 11.1. The highest BCUT2D eigenvalue weighted by Gasteiger charge is 2.30. The van der Waals surface area contributed by atoms with Crippen molar-refractivity contribution in [3.63, 3.8) is 0 Å². The summed E-state index contributed by atoms with van der Waals surface area (Å²) in [6, 6.07) is 5.43. The fourth-order valence-corrected chi connectivity index (χ4v) is 5.32. The second-order valence-corrected chi connectivity index (χ2v) is 9.33. The van der Waals surface area contributed by atoms with E-state index in [4.69, 9.17) is 0 Å². The van der Waals surface area contributed by atoms with Crippen LogP contribution >= 0.6 is 0 Å². The van der Waals surface area contributed by atoms with Crippen LogP contribution in [0.1, 0.15) is 32.1 Å². The fourth-order valence-electron chi connectivity index (χ4n) is 3.83. The molecule has 2 aliphatic rings. The molecule has 1 aliphatic heterocycles. The van der Waals surface area contributed by atoms with Crippen LogP contribution in [0.25, 0.3) is 0 Å². The summed E-state index contributed by atoms with van der Waals surface area (Å²) in [6.45, 7) is 2.45. The number of rotatable bonds is 6. The Bertz CT molecular complexity index is 742. The maximum absolute atomic E-state index is 13.9. The quantitative estimate of drug-likeness (QED) is 0.795. The van der Waals surface area contributed by atoms with Gasteiger partial charge < -0.3 is 5.32 Å². The molecule has 1 saturated carbocycles. The minimum atomic E-state index is -3.84. The number of benzene rings is 1. The molecule has 0 radical (unpaired) electrons. The monoisotopic (exact) mass is 397 g/mol. The third-order valence-electron chi connectivity index (χ3n) is 5.47. The summed E-state index contributed by atoms with van der Waals surface area (Å²) in [5.74, 6) is -0.154. The first kappa shape index (κ1) is 20.2. The Labute approximate surface area is 160 Å². The molecular formula is C19H28FN3O3S. The van der Waals surface area contributed by atoms with E-state index in [0.29, 0.717) is 19.0 Å². The van der Waals surface area contributed by atoms with E-state index >= 15 is 0 Å². The number of hydrogen-bond acceptors (Lipinski definition) is 4. The van der Waals surface area contributed by atoms with Crippen LogP contribution in [0.15, 0.2) is 29.2 Å². The molecular weight excluding hydrogens is 369 g/mol. The van der Waals surface area contributed by atoms with Crippen molar-refractivity contribution >= 4 is 15.9 Å². The molecule has 0 aromatic heterocycles. The van der Waals surface area contributed by atoms with Gasteiger partial charge in [0.1, 0.15) is 10.7 Å². The van der Waals surface area contributed by atoms with E-state index < -0.39 is 15.8 Å². The number of hydrogen-bond donors (Lipinski definition) is 1. The van der Waals surface area contributed by atoms with Gasteiger partial charge in [0, 0.05) is 32.7 Å². The van der Waals surface area contributed by atoms with Gasteiger partial charge in [-0.15, -0.1) is 0 Å². The highest BCUT2D eigenvalue weighted by atomic mass is 32.2. The summed E-state index contributed by atoms with van der Waals surface area (Å²) in [5, 5.41) is 3.01. The van der Waals surface area contributed by atoms with Crippen LogP contribution < -0.4 is 5.32 Å². The minimum absolute atomic E-state index is 0.00835. The molecule has 150 valence electrons. The molecule has 1 aromatic carbocycles. The molecule has 27 heavy (non-hydrogen) atoms. The molecule has 0 bridgehead atoms. The number of piperazine rings is 1. The van der Waals surface area contributed by atoms with E-state index in [2.05, 4.69) is 5.32 Å². The molecule has 6 nitrogen and oxygen atoms in total. The Kier molecular flexibility index (Phi) is 6.83. The first-order chi connectivity index (χ1) is 13.0. The third-order valence-corrected chi connectivity index (χ3v) is 7.40. The van der Waals surface area contributed by atoms with Crippen LogP contribution in [0, 0.1) is 11.7 Å². The summed E-state index contributed by atoms with van der Waals surface area (Å²) >= 11 is 0. The van der Waals surface area contributed by atoms with Crippen LogP contribution in [0.4, 0.5) is 4.39 Å². The van der Waals surface area contributed by atoms with Gasteiger partial charge in [-0.3, -0.25) is 9.69 Å². The number of nitrogens with one attached hydrogen (secondary N) is 1. The second kappa shape index (κ2) is 9.12. The lowest BCUT2D eigenvalue weighted by molar-refractivity contribution is -0.122. The van der Waals surface area contributed by atoms with Crippen LogP contribution in [0.5, 0.6) is 0 Å². The molecule has 1 N–H and O–H groups in total. The van der Waals surface area contributed by atoms with Gasteiger partial charge in [-0.25, -0.2) is 12.8 Å². The van der Waals surface area contributed by atoms with Crippen LogP contribution in [0.3, 0.4) is 0 Å². The minimum Gasteiger partial charge on any atom is -0.355 e. The number of nitrogens with zero attached hydrogens (tertiary/aromatic N) is 2. The summed E-state index contributed by atoms with van der Waals surface area (Å²) in [6.07, 6.45) is 6.17. The zero-order valence-corrected chi connectivity index (χ0v) is 16.4. The molecule has 2 fully saturated rings. The van der Waals surface area contributed by atoms with Gasteiger partial charge in [0.25, 0.3) is 0 Å². The highest BCUT2D eigenvalue weighted by Crippen LogP contribution is 2.23. The first-order valence-electron chi connectivity index (χ1n) is 9.70. The lowest BCUT2D eigenvalue weighted by Gasteiger charge is -2.33. The van der Waals surface area contributed by atoms with Crippen molar-refractivity contribution < 1.29 is 17.6 Å². The van der Waals surface area contributed by atoms with E-state index in [1.165, 1.54) is 54.6 Å². The molecule has 0 unspecified atom stereocenters. The predicted molar refractivity (Wildman–Crippen MR) is 101 cm³/mol. The molecule has 1 amide bonds. The number of sulfonamides is 1. The van der Waals surface area contributed by atoms with Crippen molar-refractivity contribution in [2.24, 2.45) is 5.92 Å². The number of carbonyl (C=O) groups excluding carboxylic acids is 1. The van der Waals surface area contributed by atoms with Crippen molar-refractivity contribution in [2.75, 3.05) is 39.3 Å². The average molecular weight is 398 g/mol. The van der Waals surface area contributed by atoms with Gasteiger partial charge in [0.05, 0.1) is 6.54 Å². The second-order valence-electron chi connectivity index (χ2n) is 7.42. The maximum Gasteiger partial charge on any atom is 0.246 e. The molecule has 1 aliphatic carbocycles. The normalized spacial score (nSPS) is 20.5. The van der Waals surface area contributed by atoms with Gasteiger partial charge >= 0.3 is 0 Å². The zero-order valence-electron chi connectivity index (χ0n) is 15.6.